The zero-order valence-corrected chi connectivity index (χ0v) is 9.06. The zero-order chi connectivity index (χ0) is 11.5. The van der Waals surface area contributed by atoms with Crippen molar-refractivity contribution < 1.29 is 18.3 Å². The number of rotatable bonds is 5. The first-order chi connectivity index (χ1) is 6.99. The maximum Gasteiger partial charge on any atom is 0.377 e. The Labute approximate surface area is 88.2 Å². The molecule has 0 aromatic heterocycles. The molecule has 1 aliphatic heterocycles. The second-order valence-corrected chi connectivity index (χ2v) is 3.86. The SMILES string of the molecule is CCC(CC)NCC1CC(F)(F)C(=O)O1. The van der Waals surface area contributed by atoms with Gasteiger partial charge in [0.1, 0.15) is 6.10 Å². The lowest BCUT2D eigenvalue weighted by molar-refractivity contribution is -0.159. The minimum absolute atomic E-state index is 0.304. The second-order valence-electron chi connectivity index (χ2n) is 3.86. The first kappa shape index (κ1) is 12.4. The van der Waals surface area contributed by atoms with E-state index in [9.17, 15) is 13.6 Å². The maximum atomic E-state index is 12.8. The van der Waals surface area contributed by atoms with Crippen LogP contribution in [0.5, 0.6) is 0 Å². The molecule has 0 saturated carbocycles. The number of halogens is 2. The van der Waals surface area contributed by atoms with E-state index in [0.717, 1.165) is 12.8 Å². The van der Waals surface area contributed by atoms with E-state index >= 15 is 0 Å². The Kier molecular flexibility index (Phi) is 4.02. The lowest BCUT2D eigenvalue weighted by Crippen LogP contribution is -2.35. The van der Waals surface area contributed by atoms with Gasteiger partial charge < -0.3 is 10.1 Å². The summed E-state index contributed by atoms with van der Waals surface area (Å²) in [4.78, 5) is 10.7. The van der Waals surface area contributed by atoms with Crippen molar-refractivity contribution in [2.75, 3.05) is 6.54 Å². The van der Waals surface area contributed by atoms with E-state index in [1.807, 2.05) is 13.8 Å². The lowest BCUT2D eigenvalue weighted by atomic mass is 10.1. The van der Waals surface area contributed by atoms with Crippen LogP contribution in [0.1, 0.15) is 33.1 Å². The molecule has 1 unspecified atom stereocenters. The highest BCUT2D eigenvalue weighted by Gasteiger charge is 2.50. The van der Waals surface area contributed by atoms with Crippen molar-refractivity contribution >= 4 is 5.97 Å². The topological polar surface area (TPSA) is 38.3 Å². The predicted molar refractivity (Wildman–Crippen MR) is 51.8 cm³/mol. The number of alkyl halides is 2. The fourth-order valence-electron chi connectivity index (χ4n) is 1.64. The van der Waals surface area contributed by atoms with Gasteiger partial charge in [-0.05, 0) is 12.8 Å². The Balaban J connectivity index is 2.33. The fourth-order valence-corrected chi connectivity index (χ4v) is 1.64. The number of carbonyl (C=O) groups is 1. The highest BCUT2D eigenvalue weighted by Crippen LogP contribution is 2.30. The van der Waals surface area contributed by atoms with Crippen LogP contribution >= 0.6 is 0 Å². The Bertz CT molecular complexity index is 229. The van der Waals surface area contributed by atoms with E-state index in [1.54, 1.807) is 0 Å². The van der Waals surface area contributed by atoms with E-state index in [4.69, 9.17) is 0 Å². The first-order valence-electron chi connectivity index (χ1n) is 5.31. The molecule has 1 heterocycles. The van der Waals surface area contributed by atoms with Crippen LogP contribution in [0.3, 0.4) is 0 Å². The summed E-state index contributed by atoms with van der Waals surface area (Å²) in [6.45, 7) is 4.36. The van der Waals surface area contributed by atoms with Crippen LogP contribution < -0.4 is 5.32 Å². The Morgan fingerprint density at radius 3 is 2.53 bits per heavy atom. The molecule has 0 aromatic carbocycles. The average Bonchev–Trinajstić information content (AvgIpc) is 2.42. The summed E-state index contributed by atoms with van der Waals surface area (Å²) in [5.41, 5.74) is 0. The van der Waals surface area contributed by atoms with E-state index in [1.165, 1.54) is 0 Å². The number of cyclic esters (lactones) is 1. The number of esters is 1. The number of hydrogen-bond donors (Lipinski definition) is 1. The van der Waals surface area contributed by atoms with Crippen LogP contribution in [0.15, 0.2) is 0 Å². The smallest absolute Gasteiger partial charge is 0.377 e. The zero-order valence-electron chi connectivity index (χ0n) is 9.06. The molecule has 3 nitrogen and oxygen atoms in total. The third-order valence-corrected chi connectivity index (χ3v) is 2.68. The lowest BCUT2D eigenvalue weighted by Gasteiger charge is -2.17. The van der Waals surface area contributed by atoms with E-state index in [-0.39, 0.29) is 0 Å². The molecule has 5 heteroatoms. The van der Waals surface area contributed by atoms with E-state index < -0.39 is 24.4 Å². The molecule has 1 aliphatic rings. The number of ether oxygens (including phenoxy) is 1. The number of carbonyl (C=O) groups excluding carboxylic acids is 1. The maximum absolute atomic E-state index is 12.8. The van der Waals surface area contributed by atoms with Crippen molar-refractivity contribution in [1.29, 1.82) is 0 Å². The van der Waals surface area contributed by atoms with Gasteiger partial charge in [0.05, 0.1) is 6.42 Å². The molecule has 0 amide bonds. The standard InChI is InChI=1S/C10H17F2NO2/c1-3-7(4-2)13-6-8-5-10(11,12)9(14)15-8/h7-8,13H,3-6H2,1-2H3. The van der Waals surface area contributed by atoms with E-state index in [0.29, 0.717) is 12.6 Å². The van der Waals surface area contributed by atoms with Gasteiger partial charge in [-0.3, -0.25) is 0 Å². The Hall–Kier alpha value is -0.710. The molecule has 15 heavy (non-hydrogen) atoms. The van der Waals surface area contributed by atoms with Gasteiger partial charge in [0.2, 0.25) is 0 Å². The molecule has 88 valence electrons. The van der Waals surface area contributed by atoms with Crippen molar-refractivity contribution in [3.63, 3.8) is 0 Å². The van der Waals surface area contributed by atoms with Gasteiger partial charge >= 0.3 is 11.9 Å². The summed E-state index contributed by atoms with van der Waals surface area (Å²) in [6.07, 6.45) is 0.688. The molecule has 0 bridgehead atoms. The molecular weight excluding hydrogens is 204 g/mol. The molecule has 0 aromatic rings. The molecule has 1 N–H and O–H groups in total. The molecule has 1 fully saturated rings. The van der Waals surface area contributed by atoms with Gasteiger partial charge in [0.25, 0.3) is 0 Å². The van der Waals surface area contributed by atoms with Gasteiger partial charge in [0, 0.05) is 12.6 Å². The highest BCUT2D eigenvalue weighted by atomic mass is 19.3. The predicted octanol–water partition coefficient (Wildman–Crippen LogP) is 1.72. The van der Waals surface area contributed by atoms with Crippen LogP contribution in [0.4, 0.5) is 8.78 Å². The summed E-state index contributed by atoms with van der Waals surface area (Å²) in [5, 5.41) is 3.11. The molecule has 1 saturated heterocycles. The van der Waals surface area contributed by atoms with Crippen LogP contribution in [-0.4, -0.2) is 30.6 Å². The summed E-state index contributed by atoms with van der Waals surface area (Å²) in [7, 11) is 0. The monoisotopic (exact) mass is 221 g/mol. The molecule has 0 radical (unpaired) electrons. The summed E-state index contributed by atoms with van der Waals surface area (Å²) >= 11 is 0. The van der Waals surface area contributed by atoms with Gasteiger partial charge in [-0.1, -0.05) is 13.8 Å². The average molecular weight is 221 g/mol. The summed E-state index contributed by atoms with van der Waals surface area (Å²) in [6, 6.07) is 0.304. The van der Waals surface area contributed by atoms with Crippen molar-refractivity contribution in [1.82, 2.24) is 5.32 Å². The van der Waals surface area contributed by atoms with Crippen molar-refractivity contribution in [2.45, 2.75) is 51.2 Å². The molecule has 1 rings (SSSR count). The van der Waals surface area contributed by atoms with Crippen LogP contribution in [0.25, 0.3) is 0 Å². The van der Waals surface area contributed by atoms with Crippen molar-refractivity contribution in [2.24, 2.45) is 0 Å². The number of nitrogens with one attached hydrogen (secondary N) is 1. The second kappa shape index (κ2) is 4.88. The van der Waals surface area contributed by atoms with Gasteiger partial charge in [-0.15, -0.1) is 0 Å². The summed E-state index contributed by atoms with van der Waals surface area (Å²) in [5.74, 6) is -4.68. The van der Waals surface area contributed by atoms with Crippen LogP contribution in [-0.2, 0) is 9.53 Å². The molecule has 1 atom stereocenters. The van der Waals surface area contributed by atoms with Crippen LogP contribution in [0.2, 0.25) is 0 Å². The fraction of sp³-hybridized carbons (Fsp3) is 0.900. The van der Waals surface area contributed by atoms with Gasteiger partial charge in [-0.25, -0.2) is 4.79 Å². The largest absolute Gasteiger partial charge is 0.456 e. The van der Waals surface area contributed by atoms with Crippen molar-refractivity contribution in [3.8, 4) is 0 Å². The van der Waals surface area contributed by atoms with Gasteiger partial charge in [-0.2, -0.15) is 8.78 Å². The first-order valence-corrected chi connectivity index (χ1v) is 5.31. The van der Waals surface area contributed by atoms with Crippen molar-refractivity contribution in [3.05, 3.63) is 0 Å². The molecular formula is C10H17F2NO2. The quantitative estimate of drug-likeness (QED) is 0.718. The highest BCUT2D eigenvalue weighted by molar-refractivity contribution is 5.79. The Morgan fingerprint density at radius 1 is 1.53 bits per heavy atom. The summed E-state index contributed by atoms with van der Waals surface area (Å²) < 4.78 is 30.1. The normalized spacial score (nSPS) is 24.6. The minimum Gasteiger partial charge on any atom is -0.456 e. The number of hydrogen-bond acceptors (Lipinski definition) is 3. The van der Waals surface area contributed by atoms with Crippen LogP contribution in [0, 0.1) is 0 Å². The third kappa shape index (κ3) is 3.12. The molecule has 0 spiro atoms. The third-order valence-electron chi connectivity index (χ3n) is 2.68. The Morgan fingerprint density at radius 2 is 2.13 bits per heavy atom. The van der Waals surface area contributed by atoms with E-state index in [2.05, 4.69) is 10.1 Å². The molecule has 0 aliphatic carbocycles. The minimum atomic E-state index is -3.29. The van der Waals surface area contributed by atoms with Gasteiger partial charge in [0.15, 0.2) is 0 Å².